The van der Waals surface area contributed by atoms with E-state index in [2.05, 4.69) is 32.4 Å². The van der Waals surface area contributed by atoms with Crippen LogP contribution in [0.5, 0.6) is 0 Å². The van der Waals surface area contributed by atoms with Crippen LogP contribution in [0.4, 0.5) is 17.6 Å². The van der Waals surface area contributed by atoms with Gasteiger partial charge in [0, 0.05) is 64.3 Å². The number of aromatic nitrogens is 2. The van der Waals surface area contributed by atoms with Crippen LogP contribution in [0.15, 0.2) is 0 Å². The number of carbonyl (C=O) groups is 1. The van der Waals surface area contributed by atoms with Crippen molar-refractivity contribution in [3.8, 4) is 0 Å². The molecule has 0 aromatic carbocycles. The average molecular weight is 375 g/mol. The number of ketones is 1. The lowest BCUT2D eigenvalue weighted by Crippen LogP contribution is -2.45. The molecule has 0 saturated carbocycles. The molecule has 0 bridgehead atoms. The van der Waals surface area contributed by atoms with Gasteiger partial charge in [-0.3, -0.25) is 9.69 Å². The highest BCUT2D eigenvalue weighted by atomic mass is 16.5. The molecule has 9 nitrogen and oxygen atoms in total. The first-order valence-corrected chi connectivity index (χ1v) is 9.83. The molecule has 9 heteroatoms. The van der Waals surface area contributed by atoms with Gasteiger partial charge >= 0.3 is 0 Å². The molecule has 0 unspecified atom stereocenters. The molecule has 148 valence electrons. The summed E-state index contributed by atoms with van der Waals surface area (Å²) in [6.45, 7) is 9.46. The molecular weight excluding hydrogens is 346 g/mol. The minimum Gasteiger partial charge on any atom is -0.379 e. The molecular formula is C18H29N7O2. The van der Waals surface area contributed by atoms with Gasteiger partial charge in [0.25, 0.3) is 0 Å². The molecule has 0 amide bonds. The monoisotopic (exact) mass is 375 g/mol. The van der Waals surface area contributed by atoms with Crippen LogP contribution in [-0.2, 0) is 16.0 Å². The van der Waals surface area contributed by atoms with E-state index >= 15 is 0 Å². The van der Waals surface area contributed by atoms with Crippen molar-refractivity contribution in [1.29, 1.82) is 0 Å². The van der Waals surface area contributed by atoms with Gasteiger partial charge in [-0.2, -0.15) is 9.97 Å². The van der Waals surface area contributed by atoms with Crippen molar-refractivity contribution < 1.29 is 9.53 Å². The smallest absolute Gasteiger partial charge is 0.229 e. The predicted molar refractivity (Wildman–Crippen MR) is 105 cm³/mol. The van der Waals surface area contributed by atoms with Gasteiger partial charge in [-0.05, 0) is 7.05 Å². The van der Waals surface area contributed by atoms with Gasteiger partial charge in [0.1, 0.15) is 11.6 Å². The molecule has 1 aromatic rings. The molecule has 0 radical (unpaired) electrons. The molecule has 0 aliphatic carbocycles. The number of anilines is 3. The lowest BCUT2D eigenvalue weighted by Gasteiger charge is -2.33. The normalized spacial score (nSPS) is 21.7. The van der Waals surface area contributed by atoms with Crippen molar-refractivity contribution in [3.05, 3.63) is 5.56 Å². The number of nitrogens with one attached hydrogen (secondary N) is 2. The Hall–Kier alpha value is -1.97. The molecule has 0 spiro atoms. The molecule has 2 N–H and O–H groups in total. The third-order valence-electron chi connectivity index (χ3n) is 5.43. The van der Waals surface area contributed by atoms with Crippen molar-refractivity contribution in [1.82, 2.24) is 19.8 Å². The van der Waals surface area contributed by atoms with Gasteiger partial charge in [-0.25, -0.2) is 0 Å². The predicted octanol–water partition coefficient (Wildman–Crippen LogP) is -0.490. The number of rotatable bonds is 5. The van der Waals surface area contributed by atoms with Crippen LogP contribution in [0.25, 0.3) is 0 Å². The third-order valence-corrected chi connectivity index (χ3v) is 5.43. The summed E-state index contributed by atoms with van der Waals surface area (Å²) in [7, 11) is 2.14. The summed E-state index contributed by atoms with van der Waals surface area (Å²) in [4.78, 5) is 28.4. The van der Waals surface area contributed by atoms with Crippen LogP contribution < -0.4 is 15.5 Å². The van der Waals surface area contributed by atoms with Gasteiger partial charge in [0.15, 0.2) is 5.78 Å². The second kappa shape index (κ2) is 8.37. The first-order chi connectivity index (χ1) is 13.2. The van der Waals surface area contributed by atoms with Gasteiger partial charge in [-0.1, -0.05) is 0 Å². The molecule has 0 atom stereocenters. The second-order valence-electron chi connectivity index (χ2n) is 7.44. The van der Waals surface area contributed by atoms with Crippen molar-refractivity contribution >= 4 is 23.4 Å². The molecule has 3 aliphatic heterocycles. The molecule has 2 fully saturated rings. The van der Waals surface area contributed by atoms with E-state index in [9.17, 15) is 4.79 Å². The maximum atomic E-state index is 11.9. The highest BCUT2D eigenvalue weighted by molar-refractivity contribution is 5.90. The van der Waals surface area contributed by atoms with Crippen LogP contribution in [0.2, 0.25) is 0 Å². The Balaban J connectivity index is 1.49. The fourth-order valence-electron chi connectivity index (χ4n) is 3.68. The molecule has 4 heterocycles. The van der Waals surface area contributed by atoms with Crippen LogP contribution in [0, 0.1) is 0 Å². The van der Waals surface area contributed by atoms with Crippen molar-refractivity contribution in [2.45, 2.75) is 6.42 Å². The lowest BCUT2D eigenvalue weighted by atomic mass is 10.1. The number of likely N-dealkylation sites (N-methyl/N-ethyl adjacent to an activating group) is 1. The van der Waals surface area contributed by atoms with Crippen LogP contribution >= 0.6 is 0 Å². The SMILES string of the molecule is CN1CCN(c2nc(NCCN3CCOCC3)c3c(n2)NCC(=O)C3)CC1. The average Bonchev–Trinajstić information content (AvgIpc) is 2.69. The van der Waals surface area contributed by atoms with Gasteiger partial charge < -0.3 is 25.2 Å². The van der Waals surface area contributed by atoms with E-state index in [1.165, 1.54) is 0 Å². The summed E-state index contributed by atoms with van der Waals surface area (Å²) in [5.74, 6) is 2.52. The minimum absolute atomic E-state index is 0.176. The van der Waals surface area contributed by atoms with Crippen LogP contribution in [0.3, 0.4) is 0 Å². The fourth-order valence-corrected chi connectivity index (χ4v) is 3.68. The largest absolute Gasteiger partial charge is 0.379 e. The number of hydrogen-bond donors (Lipinski definition) is 2. The molecule has 1 aromatic heterocycles. The number of nitrogens with zero attached hydrogens (tertiary/aromatic N) is 5. The standard InChI is InChI=1S/C18H29N7O2/c1-23-4-6-25(7-5-23)18-21-16(15-12-14(26)13-20-17(15)22-18)19-2-3-24-8-10-27-11-9-24/h2-13H2,1H3,(H2,19,20,21,22). The summed E-state index contributed by atoms with van der Waals surface area (Å²) in [5.41, 5.74) is 0.895. The molecule has 4 rings (SSSR count). The summed E-state index contributed by atoms with van der Waals surface area (Å²) >= 11 is 0. The molecule has 27 heavy (non-hydrogen) atoms. The maximum Gasteiger partial charge on any atom is 0.229 e. The molecule has 2 saturated heterocycles. The number of morpholine rings is 1. The lowest BCUT2D eigenvalue weighted by molar-refractivity contribution is -0.117. The zero-order chi connectivity index (χ0) is 18.6. The van der Waals surface area contributed by atoms with Crippen LogP contribution in [0.1, 0.15) is 5.56 Å². The van der Waals surface area contributed by atoms with Crippen molar-refractivity contribution in [2.24, 2.45) is 0 Å². The second-order valence-corrected chi connectivity index (χ2v) is 7.44. The van der Waals surface area contributed by atoms with E-state index in [-0.39, 0.29) is 5.78 Å². The summed E-state index contributed by atoms with van der Waals surface area (Å²) in [6.07, 6.45) is 0.394. The Morgan fingerprint density at radius 2 is 1.89 bits per heavy atom. The summed E-state index contributed by atoms with van der Waals surface area (Å²) in [5, 5.41) is 6.64. The van der Waals surface area contributed by atoms with E-state index < -0.39 is 0 Å². The molecule has 3 aliphatic rings. The zero-order valence-electron chi connectivity index (χ0n) is 16.0. The quantitative estimate of drug-likeness (QED) is 0.708. The first kappa shape index (κ1) is 18.4. The number of Topliss-reactive ketones (excluding diaryl/α,β-unsaturated/α-hetero) is 1. The Morgan fingerprint density at radius 1 is 1.11 bits per heavy atom. The van der Waals surface area contributed by atoms with Crippen molar-refractivity contribution in [3.63, 3.8) is 0 Å². The Morgan fingerprint density at radius 3 is 2.67 bits per heavy atom. The zero-order valence-corrected chi connectivity index (χ0v) is 16.0. The maximum absolute atomic E-state index is 11.9. The minimum atomic E-state index is 0.176. The topological polar surface area (TPSA) is 85.9 Å². The van der Waals surface area contributed by atoms with E-state index in [0.29, 0.717) is 13.0 Å². The van der Waals surface area contributed by atoms with Gasteiger partial charge in [0.2, 0.25) is 5.95 Å². The van der Waals surface area contributed by atoms with E-state index in [4.69, 9.17) is 14.7 Å². The van der Waals surface area contributed by atoms with Gasteiger partial charge in [0.05, 0.1) is 19.8 Å². The Bertz CT molecular complexity index is 670. The van der Waals surface area contributed by atoms with E-state index in [0.717, 1.165) is 88.7 Å². The van der Waals surface area contributed by atoms with Gasteiger partial charge in [-0.15, -0.1) is 0 Å². The highest BCUT2D eigenvalue weighted by Crippen LogP contribution is 2.28. The number of hydrogen-bond acceptors (Lipinski definition) is 9. The summed E-state index contributed by atoms with van der Waals surface area (Å²) < 4.78 is 5.40. The fraction of sp³-hybridized carbons (Fsp3) is 0.722. The van der Waals surface area contributed by atoms with E-state index in [1.807, 2.05) is 0 Å². The highest BCUT2D eigenvalue weighted by Gasteiger charge is 2.25. The number of fused-ring (bicyclic) bond motifs is 1. The number of ether oxygens (including phenoxy) is 1. The Kier molecular flexibility index (Phi) is 5.70. The summed E-state index contributed by atoms with van der Waals surface area (Å²) in [6, 6.07) is 0. The van der Waals surface area contributed by atoms with E-state index in [1.54, 1.807) is 0 Å². The number of carbonyl (C=O) groups excluding carboxylic acids is 1. The number of piperazine rings is 1. The Labute approximate surface area is 160 Å². The third kappa shape index (κ3) is 4.48. The first-order valence-electron chi connectivity index (χ1n) is 9.83. The van der Waals surface area contributed by atoms with Crippen LogP contribution in [-0.4, -0.2) is 105 Å². The van der Waals surface area contributed by atoms with Crippen molar-refractivity contribution in [2.75, 3.05) is 94.7 Å².